The summed E-state index contributed by atoms with van der Waals surface area (Å²) >= 11 is -4.68. The Kier molecular flexibility index (Phi) is 2.38. The van der Waals surface area contributed by atoms with E-state index >= 15 is 0 Å². The number of para-hydroxylation sites is 4. The third-order valence-corrected chi connectivity index (χ3v) is 10.6. The van der Waals surface area contributed by atoms with Crippen LogP contribution in [0.15, 0.2) is 78.9 Å². The van der Waals surface area contributed by atoms with Crippen molar-refractivity contribution in [3.05, 3.63) is 78.9 Å². The predicted molar refractivity (Wildman–Crippen MR) is 87.2 cm³/mol. The Morgan fingerprint density at radius 3 is 1.17 bits per heavy atom. The van der Waals surface area contributed by atoms with Crippen LogP contribution in [0.25, 0.3) is 0 Å². The Balaban J connectivity index is 1.75. The zero-order valence-corrected chi connectivity index (χ0v) is 14.0. The van der Waals surface area contributed by atoms with Crippen molar-refractivity contribution in [3.8, 4) is 23.0 Å². The van der Waals surface area contributed by atoms with Crippen LogP contribution in [-0.2, 0) is 0 Å². The van der Waals surface area contributed by atoms with Crippen LogP contribution < -0.4 is 19.3 Å². The van der Waals surface area contributed by atoms with Gasteiger partial charge in [-0.25, -0.2) is 0 Å². The molecule has 0 aromatic heterocycles. The number of benzene rings is 3. The summed E-state index contributed by atoms with van der Waals surface area (Å²) in [5, 5.41) is 0. The van der Waals surface area contributed by atoms with Gasteiger partial charge >= 0.3 is 135 Å². The van der Waals surface area contributed by atoms with Crippen molar-refractivity contribution in [3.63, 3.8) is 0 Å². The molecular weight excluding hydrogens is 355 g/mol. The first kappa shape index (κ1) is 12.9. The molecule has 0 unspecified atom stereocenters. The Hall–Kier alpha value is -2.58. The quantitative estimate of drug-likeness (QED) is 0.618. The van der Waals surface area contributed by atoms with Gasteiger partial charge in [-0.1, -0.05) is 0 Å². The van der Waals surface area contributed by atoms with Crippen molar-refractivity contribution in [2.75, 3.05) is 0 Å². The first-order valence-corrected chi connectivity index (χ1v) is 11.3. The van der Waals surface area contributed by atoms with E-state index in [0.29, 0.717) is 23.0 Å². The van der Waals surface area contributed by atoms with E-state index < -0.39 is 13.8 Å². The van der Waals surface area contributed by atoms with Gasteiger partial charge in [-0.3, -0.25) is 0 Å². The predicted octanol–water partition coefficient (Wildman–Crippen LogP) is 3.23. The van der Waals surface area contributed by atoms with E-state index in [1.165, 1.54) is 0 Å². The van der Waals surface area contributed by atoms with Crippen molar-refractivity contribution in [1.29, 1.82) is 0 Å². The van der Waals surface area contributed by atoms with Gasteiger partial charge in [0.15, 0.2) is 0 Å². The second kappa shape index (κ2) is 4.24. The molecule has 2 aliphatic rings. The number of hydrogen-bond donors (Lipinski definition) is 0. The normalized spacial score (nSPS) is 19.9. The summed E-state index contributed by atoms with van der Waals surface area (Å²) in [7, 11) is 0. The molecule has 5 rings (SSSR count). The summed E-state index contributed by atoms with van der Waals surface area (Å²) < 4.78 is 26.1. The molecule has 2 heterocycles. The Morgan fingerprint density at radius 1 is 0.435 bits per heavy atom. The molecule has 0 aliphatic carbocycles. The standard InChI is InChI=1S/C18H13AsO4/c1-2-8-14(9-3-1)19(20-15-10-4-5-11-16(15)21-19)22-17-12-6-7-13-18(17)23-19/h1-13H. The molecular formula is C18H13AsO4. The molecule has 0 amide bonds. The molecule has 2 aliphatic heterocycles. The van der Waals surface area contributed by atoms with Gasteiger partial charge in [-0.2, -0.15) is 0 Å². The zero-order chi connectivity index (χ0) is 15.4. The maximum absolute atomic E-state index is 6.32. The minimum atomic E-state index is -4.68. The molecule has 114 valence electrons. The summed E-state index contributed by atoms with van der Waals surface area (Å²) in [5.41, 5.74) is 0. The van der Waals surface area contributed by atoms with E-state index in [-0.39, 0.29) is 0 Å². The van der Waals surface area contributed by atoms with Crippen LogP contribution >= 0.6 is 0 Å². The minimum absolute atomic E-state index is 0.648. The SMILES string of the molecule is c1ccc([As]23(Oc4ccccc4O2)Oc2ccccc2O3)cc1. The molecule has 0 saturated carbocycles. The van der Waals surface area contributed by atoms with Gasteiger partial charge < -0.3 is 0 Å². The molecule has 0 fully saturated rings. The molecule has 0 radical (unpaired) electrons. The second-order valence-electron chi connectivity index (χ2n) is 5.41. The maximum atomic E-state index is 6.32. The van der Waals surface area contributed by atoms with Crippen molar-refractivity contribution < 1.29 is 14.9 Å². The van der Waals surface area contributed by atoms with Crippen LogP contribution in [0.4, 0.5) is 0 Å². The fourth-order valence-electron chi connectivity index (χ4n) is 2.87. The summed E-state index contributed by atoms with van der Waals surface area (Å²) in [5.74, 6) is 2.59. The number of rotatable bonds is 1. The van der Waals surface area contributed by atoms with Crippen LogP contribution in [0.1, 0.15) is 0 Å². The third kappa shape index (κ3) is 1.67. The van der Waals surface area contributed by atoms with Crippen molar-refractivity contribution >= 4 is 18.2 Å². The fourth-order valence-corrected chi connectivity index (χ4v) is 9.72. The molecule has 1 spiro atoms. The fraction of sp³-hybridized carbons (Fsp3) is 0. The van der Waals surface area contributed by atoms with Gasteiger partial charge in [0.2, 0.25) is 0 Å². The van der Waals surface area contributed by atoms with E-state index in [9.17, 15) is 0 Å². The topological polar surface area (TPSA) is 36.9 Å². The Morgan fingerprint density at radius 2 is 0.783 bits per heavy atom. The second-order valence-corrected chi connectivity index (χ2v) is 11.4. The molecule has 23 heavy (non-hydrogen) atoms. The molecule has 3 aromatic carbocycles. The molecule has 0 saturated heterocycles. The van der Waals surface area contributed by atoms with Crippen molar-refractivity contribution in [1.82, 2.24) is 0 Å². The van der Waals surface area contributed by atoms with Gasteiger partial charge in [-0.15, -0.1) is 0 Å². The molecule has 3 aromatic rings. The van der Waals surface area contributed by atoms with Gasteiger partial charge in [-0.05, 0) is 0 Å². The summed E-state index contributed by atoms with van der Waals surface area (Å²) in [6.45, 7) is 0. The van der Waals surface area contributed by atoms with E-state index in [0.717, 1.165) is 4.35 Å². The first-order chi connectivity index (χ1) is 11.3. The van der Waals surface area contributed by atoms with E-state index in [4.69, 9.17) is 14.9 Å². The van der Waals surface area contributed by atoms with Crippen LogP contribution in [0.3, 0.4) is 0 Å². The molecule has 5 heteroatoms. The van der Waals surface area contributed by atoms with Gasteiger partial charge in [0.25, 0.3) is 0 Å². The number of fused-ring (bicyclic) bond motifs is 2. The first-order valence-electron chi connectivity index (χ1n) is 7.34. The third-order valence-electron chi connectivity index (χ3n) is 3.90. The zero-order valence-electron chi connectivity index (χ0n) is 12.1. The average Bonchev–Trinajstić information content (AvgIpc) is 3.11. The molecule has 0 N–H and O–H groups in total. The molecule has 0 atom stereocenters. The number of hydrogen-bond acceptors (Lipinski definition) is 4. The van der Waals surface area contributed by atoms with Crippen LogP contribution in [-0.4, -0.2) is 13.8 Å². The summed E-state index contributed by atoms with van der Waals surface area (Å²) in [4.78, 5) is 0. The monoisotopic (exact) mass is 368 g/mol. The van der Waals surface area contributed by atoms with Gasteiger partial charge in [0.05, 0.1) is 0 Å². The van der Waals surface area contributed by atoms with Crippen LogP contribution in [0, 0.1) is 0 Å². The molecule has 4 nitrogen and oxygen atoms in total. The van der Waals surface area contributed by atoms with Crippen molar-refractivity contribution in [2.24, 2.45) is 0 Å². The van der Waals surface area contributed by atoms with Crippen LogP contribution in [0.5, 0.6) is 23.0 Å². The summed E-state index contributed by atoms with van der Waals surface area (Å²) in [6.07, 6.45) is 0. The Bertz CT molecular complexity index is 797. The van der Waals surface area contributed by atoms with Gasteiger partial charge in [0.1, 0.15) is 0 Å². The Labute approximate surface area is 135 Å². The van der Waals surface area contributed by atoms with Gasteiger partial charge in [0, 0.05) is 0 Å². The molecule has 0 bridgehead atoms. The van der Waals surface area contributed by atoms with Crippen LogP contribution in [0.2, 0.25) is 0 Å². The average molecular weight is 368 g/mol. The van der Waals surface area contributed by atoms with E-state index in [2.05, 4.69) is 0 Å². The van der Waals surface area contributed by atoms with Crippen molar-refractivity contribution in [2.45, 2.75) is 0 Å². The van der Waals surface area contributed by atoms with E-state index in [1.807, 2.05) is 78.9 Å². The van der Waals surface area contributed by atoms with E-state index in [1.54, 1.807) is 0 Å². The summed E-state index contributed by atoms with van der Waals surface area (Å²) in [6, 6.07) is 24.8.